The van der Waals surface area contributed by atoms with Crippen LogP contribution < -0.4 is 4.74 Å². The average molecular weight is 388 g/mol. The van der Waals surface area contributed by atoms with Gasteiger partial charge in [-0.25, -0.2) is 0 Å². The van der Waals surface area contributed by atoms with Crippen molar-refractivity contribution in [2.45, 2.75) is 26.4 Å². The van der Waals surface area contributed by atoms with Crippen molar-refractivity contribution in [2.24, 2.45) is 0 Å². The van der Waals surface area contributed by atoms with Gasteiger partial charge in [0.2, 0.25) is 0 Å². The van der Waals surface area contributed by atoms with E-state index in [1.54, 1.807) is 0 Å². The van der Waals surface area contributed by atoms with Crippen LogP contribution >= 0.6 is 0 Å². The van der Waals surface area contributed by atoms with Gasteiger partial charge in [-0.05, 0) is 37.1 Å². The van der Waals surface area contributed by atoms with Crippen LogP contribution in [0.4, 0.5) is 0 Å². The van der Waals surface area contributed by atoms with E-state index in [2.05, 4.69) is 28.2 Å². The fourth-order valence-electron chi connectivity index (χ4n) is 3.48. The Morgan fingerprint density at radius 1 is 1.00 bits per heavy atom. The third-order valence-electron chi connectivity index (χ3n) is 4.91. The molecule has 5 heteroatoms. The van der Waals surface area contributed by atoms with Gasteiger partial charge in [0.05, 0.1) is 13.0 Å². The number of esters is 1. The van der Waals surface area contributed by atoms with E-state index in [0.29, 0.717) is 26.1 Å². The fraction of sp³-hybridized carbons (Fsp3) is 0.208. The molecule has 4 aromatic rings. The van der Waals surface area contributed by atoms with Crippen LogP contribution in [0.25, 0.3) is 22.0 Å². The number of hydrogen-bond donors (Lipinski definition) is 2. The normalized spacial score (nSPS) is 10.9. The quantitative estimate of drug-likeness (QED) is 0.406. The minimum atomic E-state index is -0.174. The maximum absolute atomic E-state index is 11.7. The second-order valence-corrected chi connectivity index (χ2v) is 6.86. The molecule has 0 aliphatic heterocycles. The Bertz CT molecular complexity index is 1100. The zero-order valence-corrected chi connectivity index (χ0v) is 16.4. The summed E-state index contributed by atoms with van der Waals surface area (Å²) in [7, 11) is 0. The molecule has 2 N–H and O–H groups in total. The first-order chi connectivity index (χ1) is 14.2. The Labute approximate surface area is 169 Å². The molecule has 29 heavy (non-hydrogen) atoms. The van der Waals surface area contributed by atoms with Crippen molar-refractivity contribution in [2.75, 3.05) is 6.61 Å². The third-order valence-corrected chi connectivity index (χ3v) is 4.91. The van der Waals surface area contributed by atoms with E-state index in [1.807, 2.05) is 55.7 Å². The zero-order valence-electron chi connectivity index (χ0n) is 16.4. The maximum Gasteiger partial charge on any atom is 0.306 e. The van der Waals surface area contributed by atoms with Gasteiger partial charge in [0.15, 0.2) is 0 Å². The summed E-state index contributed by atoms with van der Waals surface area (Å²) in [6.45, 7) is 2.77. The van der Waals surface area contributed by atoms with Crippen LogP contribution in [0.2, 0.25) is 0 Å². The largest absolute Gasteiger partial charge is 0.489 e. The van der Waals surface area contributed by atoms with Gasteiger partial charge in [-0.3, -0.25) is 4.79 Å². The lowest BCUT2D eigenvalue weighted by Gasteiger charge is -2.07. The van der Waals surface area contributed by atoms with Crippen molar-refractivity contribution in [3.63, 3.8) is 0 Å². The van der Waals surface area contributed by atoms with E-state index in [1.165, 1.54) is 0 Å². The molecule has 0 atom stereocenters. The van der Waals surface area contributed by atoms with E-state index in [-0.39, 0.29) is 5.97 Å². The van der Waals surface area contributed by atoms with Crippen molar-refractivity contribution >= 4 is 16.9 Å². The number of nitrogens with one attached hydrogen (secondary N) is 2. The number of carbonyl (C=O) groups excluding carboxylic acids is 1. The molecule has 4 rings (SSSR count). The summed E-state index contributed by atoms with van der Waals surface area (Å²) in [4.78, 5) is 18.3. The van der Waals surface area contributed by atoms with Crippen molar-refractivity contribution in [3.8, 4) is 16.9 Å². The number of ether oxygens (including phenoxy) is 2. The minimum Gasteiger partial charge on any atom is -0.489 e. The SMILES string of the molecule is CCOC(=O)CCc1[nH]ccc1-c1c[nH]c2cc(OCc3ccccc3)ccc12. The summed E-state index contributed by atoms with van der Waals surface area (Å²) in [5.41, 5.74) is 5.39. The molecule has 0 amide bonds. The number of aryl methyl sites for hydroxylation is 1. The number of benzene rings is 2. The predicted octanol–water partition coefficient (Wildman–Crippen LogP) is 5.24. The topological polar surface area (TPSA) is 67.1 Å². The first-order valence-electron chi connectivity index (χ1n) is 9.84. The van der Waals surface area contributed by atoms with Crippen LogP contribution in [-0.2, 0) is 22.6 Å². The molecule has 0 spiro atoms. The number of fused-ring (bicyclic) bond motifs is 1. The number of H-pyrrole nitrogens is 2. The second kappa shape index (κ2) is 8.69. The molecule has 2 aromatic heterocycles. The first-order valence-corrected chi connectivity index (χ1v) is 9.84. The molecule has 0 aliphatic carbocycles. The number of hydrogen-bond acceptors (Lipinski definition) is 3. The number of aromatic nitrogens is 2. The molecule has 2 heterocycles. The lowest BCUT2D eigenvalue weighted by Crippen LogP contribution is -2.05. The highest BCUT2D eigenvalue weighted by Gasteiger charge is 2.13. The monoisotopic (exact) mass is 388 g/mol. The van der Waals surface area contributed by atoms with E-state index >= 15 is 0 Å². The molecule has 0 radical (unpaired) electrons. The molecule has 2 aromatic carbocycles. The summed E-state index contributed by atoms with van der Waals surface area (Å²) in [5, 5.41) is 1.12. The van der Waals surface area contributed by atoms with Crippen molar-refractivity contribution < 1.29 is 14.3 Å². The highest BCUT2D eigenvalue weighted by Crippen LogP contribution is 2.33. The van der Waals surface area contributed by atoms with Gasteiger partial charge in [-0.15, -0.1) is 0 Å². The summed E-state index contributed by atoms with van der Waals surface area (Å²) in [5.74, 6) is 0.651. The molecular formula is C24H24N2O3. The van der Waals surface area contributed by atoms with Crippen molar-refractivity contribution in [1.82, 2.24) is 9.97 Å². The Morgan fingerprint density at radius 3 is 2.69 bits per heavy atom. The zero-order chi connectivity index (χ0) is 20.1. The summed E-state index contributed by atoms with van der Waals surface area (Å²) < 4.78 is 11.0. The molecule has 0 saturated carbocycles. The van der Waals surface area contributed by atoms with Crippen LogP contribution in [-0.4, -0.2) is 22.5 Å². The van der Waals surface area contributed by atoms with Gasteiger partial charge in [0, 0.05) is 46.2 Å². The Kier molecular flexibility index (Phi) is 5.66. The molecule has 148 valence electrons. The van der Waals surface area contributed by atoms with Crippen LogP contribution in [0.5, 0.6) is 5.75 Å². The maximum atomic E-state index is 11.7. The van der Waals surface area contributed by atoms with Crippen molar-refractivity contribution in [3.05, 3.63) is 78.2 Å². The molecular weight excluding hydrogens is 364 g/mol. The lowest BCUT2D eigenvalue weighted by molar-refractivity contribution is -0.143. The molecule has 0 saturated heterocycles. The highest BCUT2D eigenvalue weighted by molar-refractivity contribution is 5.96. The Morgan fingerprint density at radius 2 is 1.86 bits per heavy atom. The third kappa shape index (κ3) is 4.35. The summed E-state index contributed by atoms with van der Waals surface area (Å²) >= 11 is 0. The molecule has 0 bridgehead atoms. The molecule has 0 aliphatic rings. The van der Waals surface area contributed by atoms with E-state index in [9.17, 15) is 4.79 Å². The van der Waals surface area contributed by atoms with Gasteiger partial charge < -0.3 is 19.4 Å². The second-order valence-electron chi connectivity index (χ2n) is 6.86. The van der Waals surface area contributed by atoms with Crippen LogP contribution in [0, 0.1) is 0 Å². The lowest BCUT2D eigenvalue weighted by atomic mass is 10.0. The highest BCUT2D eigenvalue weighted by atomic mass is 16.5. The van der Waals surface area contributed by atoms with Crippen LogP contribution in [0.1, 0.15) is 24.6 Å². The molecule has 0 unspecified atom stereocenters. The number of rotatable bonds is 8. The smallest absolute Gasteiger partial charge is 0.306 e. The standard InChI is InChI=1S/C24H24N2O3/c1-2-28-24(27)11-10-22-20(12-13-25-22)21-15-26-23-14-18(8-9-19(21)23)29-16-17-6-4-3-5-7-17/h3-9,12-15,25-26H,2,10-11,16H2,1H3. The summed E-state index contributed by atoms with van der Waals surface area (Å²) in [6, 6.07) is 18.2. The van der Waals surface area contributed by atoms with E-state index in [0.717, 1.165) is 39.0 Å². The minimum absolute atomic E-state index is 0.174. The Hall–Kier alpha value is -3.47. The summed E-state index contributed by atoms with van der Waals surface area (Å²) in [6.07, 6.45) is 4.89. The molecule has 0 fully saturated rings. The Balaban J connectivity index is 1.51. The number of aromatic amines is 2. The van der Waals surface area contributed by atoms with Gasteiger partial charge >= 0.3 is 5.97 Å². The average Bonchev–Trinajstić information content (AvgIpc) is 3.37. The number of carbonyl (C=O) groups is 1. The van der Waals surface area contributed by atoms with E-state index < -0.39 is 0 Å². The fourth-order valence-corrected chi connectivity index (χ4v) is 3.48. The predicted molar refractivity (Wildman–Crippen MR) is 114 cm³/mol. The van der Waals surface area contributed by atoms with Gasteiger partial charge in [-0.2, -0.15) is 0 Å². The van der Waals surface area contributed by atoms with Gasteiger partial charge in [0.1, 0.15) is 12.4 Å². The van der Waals surface area contributed by atoms with Crippen LogP contribution in [0.3, 0.4) is 0 Å². The molecule has 5 nitrogen and oxygen atoms in total. The van der Waals surface area contributed by atoms with Gasteiger partial charge in [-0.1, -0.05) is 30.3 Å². The first kappa shape index (κ1) is 18.9. The van der Waals surface area contributed by atoms with Crippen LogP contribution in [0.15, 0.2) is 67.0 Å². The van der Waals surface area contributed by atoms with E-state index in [4.69, 9.17) is 9.47 Å². The van der Waals surface area contributed by atoms with Gasteiger partial charge in [0.25, 0.3) is 0 Å². The van der Waals surface area contributed by atoms with Crippen molar-refractivity contribution in [1.29, 1.82) is 0 Å².